The number of hydrogen-bond donors (Lipinski definition) is 2. The summed E-state index contributed by atoms with van der Waals surface area (Å²) >= 11 is 0. The third kappa shape index (κ3) is 3.06. The number of amides is 1. The van der Waals surface area contributed by atoms with Crippen molar-refractivity contribution < 1.29 is 4.79 Å². The van der Waals surface area contributed by atoms with Crippen LogP contribution in [0.5, 0.6) is 0 Å². The average molecular weight is 330 g/mol. The Hall–Kier alpha value is -2.22. The normalized spacial score (nSPS) is 19.7. The molecule has 1 saturated heterocycles. The van der Waals surface area contributed by atoms with Crippen molar-refractivity contribution in [2.45, 2.75) is 38.3 Å². The highest BCUT2D eigenvalue weighted by Crippen LogP contribution is 2.29. The number of nitrogens with zero attached hydrogens (tertiary/aromatic N) is 4. The number of likely N-dealkylation sites (tertiary alicyclic amines) is 1. The molecule has 1 aliphatic carbocycles. The number of fused-ring (bicyclic) bond motifs is 1. The van der Waals surface area contributed by atoms with Crippen LogP contribution in [0, 0.1) is 5.92 Å². The molecule has 3 heterocycles. The zero-order valence-corrected chi connectivity index (χ0v) is 13.8. The summed E-state index contributed by atoms with van der Waals surface area (Å²) in [6.07, 6.45) is 5.51. The van der Waals surface area contributed by atoms with Gasteiger partial charge in [-0.1, -0.05) is 0 Å². The molecule has 0 unspecified atom stereocenters. The van der Waals surface area contributed by atoms with E-state index in [1.54, 1.807) is 17.9 Å². The molecule has 2 fully saturated rings. The minimum Gasteiger partial charge on any atom is -0.353 e. The number of H-pyrrole nitrogens is 1. The molecule has 4 rings (SSSR count). The van der Waals surface area contributed by atoms with E-state index in [1.165, 1.54) is 0 Å². The number of hydrogen-bond acceptors (Lipinski definition) is 5. The minimum absolute atomic E-state index is 0.144. The van der Waals surface area contributed by atoms with Crippen LogP contribution in [-0.4, -0.2) is 49.7 Å². The van der Waals surface area contributed by atoms with E-state index >= 15 is 0 Å². The van der Waals surface area contributed by atoms with Gasteiger partial charge in [0.15, 0.2) is 5.65 Å². The smallest absolute Gasteiger partial charge is 0.262 e. The van der Waals surface area contributed by atoms with Gasteiger partial charge < -0.3 is 10.3 Å². The molecular weight excluding hydrogens is 308 g/mol. The summed E-state index contributed by atoms with van der Waals surface area (Å²) in [6, 6.07) is 0.279. The van der Waals surface area contributed by atoms with Crippen LogP contribution in [0.1, 0.15) is 31.5 Å². The monoisotopic (exact) mass is 330 g/mol. The van der Waals surface area contributed by atoms with Gasteiger partial charge in [-0.05, 0) is 25.7 Å². The molecule has 1 aliphatic heterocycles. The third-order valence-electron chi connectivity index (χ3n) is 4.91. The van der Waals surface area contributed by atoms with Crippen LogP contribution in [0.2, 0.25) is 0 Å². The van der Waals surface area contributed by atoms with E-state index in [4.69, 9.17) is 0 Å². The quantitative estimate of drug-likeness (QED) is 0.832. The highest BCUT2D eigenvalue weighted by molar-refractivity contribution is 5.81. The number of carbonyl (C=O) groups excluding carboxylic acids is 1. The summed E-state index contributed by atoms with van der Waals surface area (Å²) < 4.78 is 1.62. The molecule has 0 aromatic carbocycles. The first kappa shape index (κ1) is 15.3. The molecule has 1 amide bonds. The summed E-state index contributed by atoms with van der Waals surface area (Å²) in [4.78, 5) is 33.5. The molecular formula is C16H22N6O2. The molecule has 1 saturated carbocycles. The molecule has 8 heteroatoms. The first-order chi connectivity index (χ1) is 11.6. The summed E-state index contributed by atoms with van der Waals surface area (Å²) in [5, 5.41) is 7.75. The summed E-state index contributed by atoms with van der Waals surface area (Å²) in [5.41, 5.74) is 0.468. The number of aromatic amines is 1. The van der Waals surface area contributed by atoms with Gasteiger partial charge in [0.05, 0.1) is 12.7 Å². The molecule has 2 aliphatic rings. The Balaban J connectivity index is 1.37. The summed E-state index contributed by atoms with van der Waals surface area (Å²) in [5.74, 6) is 1.15. The number of nitrogens with one attached hydrogen (secondary N) is 2. The van der Waals surface area contributed by atoms with Gasteiger partial charge in [0.25, 0.3) is 5.56 Å². The highest BCUT2D eigenvalue weighted by Gasteiger charge is 2.31. The van der Waals surface area contributed by atoms with Crippen LogP contribution in [0.25, 0.3) is 11.0 Å². The largest absolute Gasteiger partial charge is 0.353 e. The van der Waals surface area contributed by atoms with E-state index in [9.17, 15) is 9.59 Å². The molecule has 2 aromatic heterocycles. The van der Waals surface area contributed by atoms with Crippen LogP contribution in [0.15, 0.2) is 11.0 Å². The summed E-state index contributed by atoms with van der Waals surface area (Å²) in [6.45, 7) is 2.39. The van der Waals surface area contributed by atoms with Crippen molar-refractivity contribution in [1.82, 2.24) is 30.0 Å². The Morgan fingerprint density at radius 3 is 2.79 bits per heavy atom. The average Bonchev–Trinajstić information content (AvgIpc) is 3.34. The lowest BCUT2D eigenvalue weighted by Crippen LogP contribution is -2.45. The van der Waals surface area contributed by atoms with Crippen molar-refractivity contribution >= 4 is 16.9 Å². The number of carbonyl (C=O) groups is 1. The molecule has 128 valence electrons. The maximum atomic E-state index is 12.1. The fourth-order valence-corrected chi connectivity index (χ4v) is 3.26. The number of aryl methyl sites for hydroxylation is 1. The van der Waals surface area contributed by atoms with Crippen LogP contribution in [-0.2, 0) is 18.4 Å². The molecule has 0 spiro atoms. The highest BCUT2D eigenvalue weighted by atomic mass is 16.2. The van der Waals surface area contributed by atoms with Crippen LogP contribution < -0.4 is 10.9 Å². The lowest BCUT2D eigenvalue weighted by Gasteiger charge is -2.32. The molecule has 0 bridgehead atoms. The zero-order valence-electron chi connectivity index (χ0n) is 13.8. The van der Waals surface area contributed by atoms with Crippen LogP contribution >= 0.6 is 0 Å². The van der Waals surface area contributed by atoms with E-state index in [-0.39, 0.29) is 23.4 Å². The third-order valence-corrected chi connectivity index (χ3v) is 4.91. The van der Waals surface area contributed by atoms with Crippen molar-refractivity contribution in [3.8, 4) is 0 Å². The number of piperidine rings is 1. The second kappa shape index (κ2) is 6.01. The number of rotatable bonds is 4. The van der Waals surface area contributed by atoms with Gasteiger partial charge in [0.1, 0.15) is 11.2 Å². The Kier molecular flexibility index (Phi) is 3.84. The lowest BCUT2D eigenvalue weighted by atomic mass is 10.0. The second-order valence-electron chi connectivity index (χ2n) is 6.85. The lowest BCUT2D eigenvalue weighted by molar-refractivity contribution is -0.123. The van der Waals surface area contributed by atoms with Gasteiger partial charge >= 0.3 is 0 Å². The molecule has 8 nitrogen and oxygen atoms in total. The SMILES string of the molecule is Cn1ncc2c(=O)[nH]c(CN3CCC(NC(=O)C4CC4)CC3)nc21. The van der Waals surface area contributed by atoms with E-state index in [0.29, 0.717) is 23.4 Å². The first-order valence-corrected chi connectivity index (χ1v) is 8.54. The van der Waals surface area contributed by atoms with Crippen molar-refractivity contribution in [2.75, 3.05) is 13.1 Å². The Bertz CT molecular complexity index is 814. The standard InChI is InChI=1S/C16H22N6O2/c1-21-14-12(8-17-21)16(24)20-13(19-14)9-22-6-4-11(5-7-22)18-15(23)10-2-3-10/h8,10-11H,2-7,9H2,1H3,(H,18,23)(H,19,20,24). The molecule has 0 atom stereocenters. The number of aromatic nitrogens is 4. The molecule has 0 radical (unpaired) electrons. The fraction of sp³-hybridized carbons (Fsp3) is 0.625. The van der Waals surface area contributed by atoms with Crippen LogP contribution in [0.3, 0.4) is 0 Å². The molecule has 2 N–H and O–H groups in total. The second-order valence-corrected chi connectivity index (χ2v) is 6.85. The predicted octanol–water partition coefficient (Wildman–Crippen LogP) is 0.147. The van der Waals surface area contributed by atoms with Crippen molar-refractivity contribution in [3.05, 3.63) is 22.4 Å². The Morgan fingerprint density at radius 2 is 2.08 bits per heavy atom. The molecule has 24 heavy (non-hydrogen) atoms. The van der Waals surface area contributed by atoms with Crippen LogP contribution in [0.4, 0.5) is 0 Å². The van der Waals surface area contributed by atoms with Gasteiger partial charge in [0, 0.05) is 32.1 Å². The van der Waals surface area contributed by atoms with Gasteiger partial charge in [-0.25, -0.2) is 4.98 Å². The van der Waals surface area contributed by atoms with Gasteiger partial charge in [-0.2, -0.15) is 5.10 Å². The van der Waals surface area contributed by atoms with Crippen molar-refractivity contribution in [1.29, 1.82) is 0 Å². The maximum absolute atomic E-state index is 12.1. The predicted molar refractivity (Wildman–Crippen MR) is 88.3 cm³/mol. The minimum atomic E-state index is -0.144. The topological polar surface area (TPSA) is 95.9 Å². The van der Waals surface area contributed by atoms with E-state index in [1.807, 2.05) is 0 Å². The molecule has 2 aromatic rings. The fourth-order valence-electron chi connectivity index (χ4n) is 3.26. The van der Waals surface area contributed by atoms with E-state index < -0.39 is 0 Å². The Labute approximate surface area is 139 Å². The summed E-state index contributed by atoms with van der Waals surface area (Å²) in [7, 11) is 1.78. The van der Waals surface area contributed by atoms with E-state index in [2.05, 4.69) is 25.3 Å². The zero-order chi connectivity index (χ0) is 16.7. The van der Waals surface area contributed by atoms with Gasteiger partial charge in [-0.3, -0.25) is 19.2 Å². The first-order valence-electron chi connectivity index (χ1n) is 8.54. The maximum Gasteiger partial charge on any atom is 0.262 e. The van der Waals surface area contributed by atoms with Crippen molar-refractivity contribution in [2.24, 2.45) is 13.0 Å². The Morgan fingerprint density at radius 1 is 1.33 bits per heavy atom. The van der Waals surface area contributed by atoms with Crippen molar-refractivity contribution in [3.63, 3.8) is 0 Å². The van der Waals surface area contributed by atoms with Gasteiger partial charge in [0.2, 0.25) is 5.91 Å². The van der Waals surface area contributed by atoms with E-state index in [0.717, 1.165) is 38.8 Å². The van der Waals surface area contributed by atoms with Gasteiger partial charge in [-0.15, -0.1) is 0 Å².